The summed E-state index contributed by atoms with van der Waals surface area (Å²) in [6.45, 7) is 19.4. The van der Waals surface area contributed by atoms with Crippen molar-refractivity contribution >= 4 is 22.9 Å². The first-order chi connectivity index (χ1) is 18.4. The molecular formula is C31H66O5Si2. The van der Waals surface area contributed by atoms with E-state index in [0.717, 1.165) is 37.8 Å². The normalized spacial score (nSPS) is 14.1. The highest BCUT2D eigenvalue weighted by Crippen LogP contribution is 2.43. The highest BCUT2D eigenvalue weighted by Gasteiger charge is 2.55. The second-order valence-corrected chi connectivity index (χ2v) is 17.9. The molecule has 0 rings (SSSR count). The minimum absolute atomic E-state index is 0.164. The number of Topliss-reactive ketones (excluding diaryl/α,β-unsaturated/α-hetero) is 1. The molecule has 0 saturated heterocycles. The van der Waals surface area contributed by atoms with E-state index in [2.05, 4.69) is 27.7 Å². The van der Waals surface area contributed by atoms with Gasteiger partial charge < -0.3 is 17.7 Å². The molecule has 0 amide bonds. The summed E-state index contributed by atoms with van der Waals surface area (Å²) in [6, 6.07) is 1.60. The molecule has 38 heavy (non-hydrogen) atoms. The summed E-state index contributed by atoms with van der Waals surface area (Å²) in [4.78, 5) is 14.8. The Hall–Kier alpha value is -0.0562. The number of hydrogen-bond acceptors (Lipinski definition) is 5. The Kier molecular flexibility index (Phi) is 23.6. The third-order valence-electron chi connectivity index (χ3n) is 7.98. The number of carbonyl (C=O) groups is 1. The second-order valence-electron chi connectivity index (χ2n) is 10.7. The number of unbranched alkanes of at least 4 members (excludes halogenated alkanes) is 10. The molecule has 0 N–H and O–H groups in total. The van der Waals surface area contributed by atoms with Crippen LogP contribution in [0.4, 0.5) is 0 Å². The summed E-state index contributed by atoms with van der Waals surface area (Å²) in [7, 11) is -5.48. The second kappa shape index (κ2) is 23.6. The molecule has 0 saturated carbocycles. The van der Waals surface area contributed by atoms with Gasteiger partial charge in [-0.1, -0.05) is 105 Å². The summed E-state index contributed by atoms with van der Waals surface area (Å²) in [5.41, 5.74) is -0.328. The van der Waals surface area contributed by atoms with E-state index < -0.39 is 17.1 Å². The van der Waals surface area contributed by atoms with Gasteiger partial charge in [-0.05, 0) is 52.6 Å². The molecule has 2 atom stereocenters. The molecule has 7 heteroatoms. The van der Waals surface area contributed by atoms with Crippen molar-refractivity contribution in [3.8, 4) is 0 Å². The Morgan fingerprint density at radius 3 is 1.03 bits per heavy atom. The van der Waals surface area contributed by atoms with E-state index in [1.807, 2.05) is 27.7 Å². The van der Waals surface area contributed by atoms with Crippen LogP contribution in [0.1, 0.15) is 145 Å². The van der Waals surface area contributed by atoms with Crippen LogP contribution >= 0.6 is 0 Å². The predicted octanol–water partition coefficient (Wildman–Crippen LogP) is 9.87. The third kappa shape index (κ3) is 13.1. The maximum Gasteiger partial charge on any atom is 0.348 e. The molecule has 0 bridgehead atoms. The molecule has 0 aromatic rings. The smallest absolute Gasteiger partial charge is 0.348 e. The van der Waals surface area contributed by atoms with E-state index in [1.54, 1.807) is 0 Å². The van der Waals surface area contributed by atoms with E-state index in [4.69, 9.17) is 17.7 Å². The van der Waals surface area contributed by atoms with Crippen molar-refractivity contribution in [2.45, 2.75) is 168 Å². The number of hydrogen-bond donors (Lipinski definition) is 0. The summed E-state index contributed by atoms with van der Waals surface area (Å²) in [5.74, 6) is 0.331. The van der Waals surface area contributed by atoms with Gasteiger partial charge in [0, 0.05) is 26.4 Å². The molecule has 0 heterocycles. The van der Waals surface area contributed by atoms with Crippen LogP contribution in [0.15, 0.2) is 0 Å². The zero-order chi connectivity index (χ0) is 28.7. The Balaban J connectivity index is 6.22. The van der Waals surface area contributed by atoms with E-state index >= 15 is 0 Å². The van der Waals surface area contributed by atoms with E-state index in [0.29, 0.717) is 32.2 Å². The summed E-state index contributed by atoms with van der Waals surface area (Å²) < 4.78 is 26.1. The van der Waals surface area contributed by atoms with E-state index in [1.165, 1.54) is 64.2 Å². The minimum Gasteiger partial charge on any atom is -0.394 e. The Labute approximate surface area is 240 Å². The summed E-state index contributed by atoms with van der Waals surface area (Å²) in [6.07, 6.45) is 16.3. The zero-order valence-corrected chi connectivity index (χ0v) is 28.8. The SMILES string of the molecule is CCCCCCCCC(C(=O)C(CCCCCCCC)[Si](CC)(OCC)OCC)[Si](CC)(OCC)OCC. The summed E-state index contributed by atoms with van der Waals surface area (Å²) >= 11 is 0. The first-order valence-corrected chi connectivity index (χ1v) is 20.7. The number of ketones is 1. The van der Waals surface area contributed by atoms with Crippen molar-refractivity contribution in [2.75, 3.05) is 26.4 Å². The lowest BCUT2D eigenvalue weighted by molar-refractivity contribution is -0.121. The molecule has 0 fully saturated rings. The zero-order valence-electron chi connectivity index (χ0n) is 26.8. The van der Waals surface area contributed by atoms with Crippen LogP contribution in [-0.2, 0) is 22.5 Å². The quantitative estimate of drug-likeness (QED) is 0.0687. The average Bonchev–Trinajstić information content (AvgIpc) is 2.91. The van der Waals surface area contributed by atoms with Crippen molar-refractivity contribution in [1.82, 2.24) is 0 Å². The fourth-order valence-corrected chi connectivity index (χ4v) is 13.5. The number of carbonyl (C=O) groups excluding carboxylic acids is 1. The van der Waals surface area contributed by atoms with Crippen molar-refractivity contribution in [2.24, 2.45) is 0 Å². The molecule has 5 nitrogen and oxygen atoms in total. The van der Waals surface area contributed by atoms with Crippen LogP contribution in [0.2, 0.25) is 23.2 Å². The lowest BCUT2D eigenvalue weighted by Crippen LogP contribution is -2.55. The van der Waals surface area contributed by atoms with Gasteiger partial charge >= 0.3 is 17.1 Å². The van der Waals surface area contributed by atoms with Crippen LogP contribution in [0.5, 0.6) is 0 Å². The molecule has 228 valence electrons. The van der Waals surface area contributed by atoms with Crippen molar-refractivity contribution in [3.05, 3.63) is 0 Å². The molecule has 0 aromatic heterocycles. The van der Waals surface area contributed by atoms with Gasteiger partial charge in [-0.15, -0.1) is 0 Å². The molecule has 0 aliphatic heterocycles. The van der Waals surface area contributed by atoms with Crippen LogP contribution < -0.4 is 0 Å². The molecular weight excluding hydrogens is 509 g/mol. The number of rotatable bonds is 28. The monoisotopic (exact) mass is 574 g/mol. The fraction of sp³-hybridized carbons (Fsp3) is 0.968. The molecule has 0 spiro atoms. The fourth-order valence-electron chi connectivity index (χ4n) is 6.02. The predicted molar refractivity (Wildman–Crippen MR) is 167 cm³/mol. The van der Waals surface area contributed by atoms with Gasteiger partial charge in [0.15, 0.2) is 0 Å². The average molecular weight is 575 g/mol. The van der Waals surface area contributed by atoms with E-state index in [9.17, 15) is 4.79 Å². The van der Waals surface area contributed by atoms with Gasteiger partial charge in [-0.25, -0.2) is 0 Å². The largest absolute Gasteiger partial charge is 0.394 e. The molecule has 0 aliphatic rings. The minimum atomic E-state index is -2.74. The topological polar surface area (TPSA) is 54.0 Å². The van der Waals surface area contributed by atoms with Gasteiger partial charge in [0.2, 0.25) is 0 Å². The van der Waals surface area contributed by atoms with Crippen molar-refractivity contribution < 1.29 is 22.5 Å². The van der Waals surface area contributed by atoms with Gasteiger partial charge in [-0.3, -0.25) is 4.79 Å². The Morgan fingerprint density at radius 1 is 0.474 bits per heavy atom. The molecule has 0 aromatic carbocycles. The highest BCUT2D eigenvalue weighted by molar-refractivity contribution is 6.77. The Morgan fingerprint density at radius 2 is 0.763 bits per heavy atom. The standard InChI is InChI=1S/C31H66O5Si2/c1-9-17-19-21-23-25-27-29(37(15-7,33-11-3)34-12-4)31(32)30(28-26-24-22-20-18-10-2)38(16-8,35-13-5)36-14-6/h29-30H,9-28H2,1-8H3. The summed E-state index contributed by atoms with van der Waals surface area (Å²) in [5, 5.41) is 0. The molecule has 2 unspecified atom stereocenters. The first kappa shape index (κ1) is 37.9. The van der Waals surface area contributed by atoms with Gasteiger partial charge in [0.25, 0.3) is 0 Å². The van der Waals surface area contributed by atoms with Gasteiger partial charge in [0.1, 0.15) is 5.78 Å². The first-order valence-electron chi connectivity index (χ1n) is 16.5. The van der Waals surface area contributed by atoms with Crippen LogP contribution in [-0.4, -0.2) is 49.3 Å². The van der Waals surface area contributed by atoms with Gasteiger partial charge in [0.05, 0.1) is 11.1 Å². The lowest BCUT2D eigenvalue weighted by Gasteiger charge is -2.41. The molecule has 0 radical (unpaired) electrons. The third-order valence-corrected chi connectivity index (χ3v) is 16.3. The Bertz CT molecular complexity index is 502. The lowest BCUT2D eigenvalue weighted by atomic mass is 10.0. The van der Waals surface area contributed by atoms with Crippen molar-refractivity contribution in [1.29, 1.82) is 0 Å². The van der Waals surface area contributed by atoms with Crippen LogP contribution in [0.25, 0.3) is 0 Å². The molecule has 0 aliphatic carbocycles. The van der Waals surface area contributed by atoms with Crippen LogP contribution in [0, 0.1) is 0 Å². The highest BCUT2D eigenvalue weighted by atomic mass is 28.4. The van der Waals surface area contributed by atoms with Crippen molar-refractivity contribution in [3.63, 3.8) is 0 Å². The van der Waals surface area contributed by atoms with E-state index in [-0.39, 0.29) is 11.1 Å². The maximum atomic E-state index is 14.8. The van der Waals surface area contributed by atoms with Gasteiger partial charge in [-0.2, -0.15) is 0 Å². The maximum absolute atomic E-state index is 14.8. The van der Waals surface area contributed by atoms with Crippen LogP contribution in [0.3, 0.4) is 0 Å².